The molecule has 92 valence electrons. The minimum Gasteiger partial charge on any atom is -0.472 e. The van der Waals surface area contributed by atoms with Crippen molar-refractivity contribution in [3.8, 4) is 0 Å². The first-order chi connectivity index (χ1) is 7.99. The lowest BCUT2D eigenvalue weighted by molar-refractivity contribution is 0.561. The predicted molar refractivity (Wildman–Crippen MR) is 69.5 cm³/mol. The highest BCUT2D eigenvalue weighted by Crippen LogP contribution is 2.30. The van der Waals surface area contributed by atoms with Crippen LogP contribution >= 0.6 is 27.3 Å². The van der Waals surface area contributed by atoms with E-state index < -0.39 is 10.0 Å². The molecule has 0 aliphatic carbocycles. The fourth-order valence-corrected chi connectivity index (χ4v) is 4.49. The molecule has 0 amide bonds. The van der Waals surface area contributed by atoms with Gasteiger partial charge in [0.25, 0.3) is 0 Å². The second kappa shape index (κ2) is 4.93. The van der Waals surface area contributed by atoms with Crippen molar-refractivity contribution in [2.24, 2.45) is 0 Å². The molecule has 2 rings (SSSR count). The lowest BCUT2D eigenvalue weighted by Crippen LogP contribution is -2.22. The van der Waals surface area contributed by atoms with Gasteiger partial charge in [0.2, 0.25) is 10.0 Å². The molecule has 17 heavy (non-hydrogen) atoms. The number of aryl methyl sites for hydroxylation is 1. The topological polar surface area (TPSA) is 59.3 Å². The highest BCUT2D eigenvalue weighted by Gasteiger charge is 2.17. The summed E-state index contributed by atoms with van der Waals surface area (Å²) in [5.41, 5.74) is 1.71. The number of furan rings is 1. The fraction of sp³-hybridized carbons (Fsp3) is 0.200. The maximum Gasteiger partial charge on any atom is 0.250 e. The molecule has 7 heteroatoms. The van der Waals surface area contributed by atoms with Crippen molar-refractivity contribution in [3.05, 3.63) is 39.6 Å². The molecule has 0 bridgehead atoms. The molecule has 2 aromatic heterocycles. The molecule has 0 atom stereocenters. The van der Waals surface area contributed by atoms with Gasteiger partial charge in [-0.1, -0.05) is 0 Å². The van der Waals surface area contributed by atoms with Gasteiger partial charge in [-0.05, 0) is 40.5 Å². The molecule has 1 N–H and O–H groups in total. The summed E-state index contributed by atoms with van der Waals surface area (Å²) in [6, 6.07) is 3.37. The molecule has 0 aromatic carbocycles. The Hall–Kier alpha value is -0.630. The predicted octanol–water partition coefficient (Wildman–Crippen LogP) is 2.89. The van der Waals surface area contributed by atoms with Crippen LogP contribution in [-0.2, 0) is 16.6 Å². The van der Waals surface area contributed by atoms with E-state index in [1.165, 1.54) is 23.9 Å². The SMILES string of the molecule is Cc1cc(S(=O)(=O)NCc2ccoc2)sc1Br. The van der Waals surface area contributed by atoms with E-state index in [0.717, 1.165) is 14.9 Å². The van der Waals surface area contributed by atoms with Crippen LogP contribution in [0.2, 0.25) is 0 Å². The minimum atomic E-state index is -3.44. The van der Waals surface area contributed by atoms with Gasteiger partial charge in [-0.15, -0.1) is 11.3 Å². The normalized spacial score (nSPS) is 11.9. The van der Waals surface area contributed by atoms with E-state index >= 15 is 0 Å². The van der Waals surface area contributed by atoms with Crippen molar-refractivity contribution < 1.29 is 12.8 Å². The van der Waals surface area contributed by atoms with Gasteiger partial charge < -0.3 is 4.42 Å². The average molecular weight is 336 g/mol. The van der Waals surface area contributed by atoms with Gasteiger partial charge in [-0.25, -0.2) is 13.1 Å². The van der Waals surface area contributed by atoms with Gasteiger partial charge in [0.05, 0.1) is 16.3 Å². The highest BCUT2D eigenvalue weighted by atomic mass is 79.9. The van der Waals surface area contributed by atoms with Crippen LogP contribution in [-0.4, -0.2) is 8.42 Å². The van der Waals surface area contributed by atoms with E-state index in [1.807, 2.05) is 6.92 Å². The Morgan fingerprint density at radius 1 is 1.53 bits per heavy atom. The number of halogens is 1. The maximum absolute atomic E-state index is 11.9. The molecule has 0 aliphatic heterocycles. The summed E-state index contributed by atoms with van der Waals surface area (Å²) in [6.07, 6.45) is 3.02. The lowest BCUT2D eigenvalue weighted by Gasteiger charge is -2.02. The van der Waals surface area contributed by atoms with Crippen LogP contribution in [0, 0.1) is 6.92 Å². The molecule has 0 saturated heterocycles. The standard InChI is InChI=1S/C10H10BrNO3S2/c1-7-4-9(16-10(7)11)17(13,14)12-5-8-2-3-15-6-8/h2-4,6,12H,5H2,1H3. The molecule has 0 saturated carbocycles. The smallest absolute Gasteiger partial charge is 0.250 e. The van der Waals surface area contributed by atoms with E-state index in [4.69, 9.17) is 4.42 Å². The Balaban J connectivity index is 2.14. The molecule has 0 fully saturated rings. The summed E-state index contributed by atoms with van der Waals surface area (Å²) in [4.78, 5) is 0. The molecular weight excluding hydrogens is 326 g/mol. The molecule has 0 unspecified atom stereocenters. The molecule has 2 aromatic rings. The first-order valence-electron chi connectivity index (χ1n) is 4.76. The van der Waals surface area contributed by atoms with Gasteiger partial charge in [0.15, 0.2) is 0 Å². The maximum atomic E-state index is 11.9. The van der Waals surface area contributed by atoms with Crippen molar-refractivity contribution in [1.29, 1.82) is 0 Å². The average Bonchev–Trinajstić information content (AvgIpc) is 2.87. The summed E-state index contributed by atoms with van der Waals surface area (Å²) < 4.78 is 32.4. The van der Waals surface area contributed by atoms with E-state index in [2.05, 4.69) is 20.7 Å². The Bertz CT molecular complexity index is 582. The molecule has 0 radical (unpaired) electrons. The van der Waals surface area contributed by atoms with E-state index in [-0.39, 0.29) is 6.54 Å². The Labute approximate surface area is 112 Å². The first kappa shape index (κ1) is 12.8. The van der Waals surface area contributed by atoms with E-state index in [1.54, 1.807) is 12.1 Å². The molecule has 2 heterocycles. The second-order valence-corrected chi connectivity index (χ2v) is 7.84. The van der Waals surface area contributed by atoms with E-state index in [0.29, 0.717) is 4.21 Å². The Morgan fingerprint density at radius 3 is 2.82 bits per heavy atom. The van der Waals surface area contributed by atoms with Crippen LogP contribution in [0.25, 0.3) is 0 Å². The quantitative estimate of drug-likeness (QED) is 0.934. The van der Waals surface area contributed by atoms with Gasteiger partial charge in [-0.2, -0.15) is 0 Å². The fourth-order valence-electron chi connectivity index (χ4n) is 1.21. The van der Waals surface area contributed by atoms with Crippen molar-refractivity contribution in [1.82, 2.24) is 4.72 Å². The van der Waals surface area contributed by atoms with Crippen molar-refractivity contribution in [3.63, 3.8) is 0 Å². The second-order valence-electron chi connectivity index (χ2n) is 3.48. The van der Waals surface area contributed by atoms with E-state index in [9.17, 15) is 8.42 Å². The largest absolute Gasteiger partial charge is 0.472 e. The third-order valence-corrected chi connectivity index (χ3v) is 6.16. The third kappa shape index (κ3) is 2.98. The number of nitrogens with one attached hydrogen (secondary N) is 1. The lowest BCUT2D eigenvalue weighted by atomic mass is 10.4. The summed E-state index contributed by atoms with van der Waals surface area (Å²) in [5.74, 6) is 0. The van der Waals surface area contributed by atoms with Gasteiger partial charge in [0.1, 0.15) is 4.21 Å². The van der Waals surface area contributed by atoms with Crippen molar-refractivity contribution in [2.45, 2.75) is 17.7 Å². The molecular formula is C10H10BrNO3S2. The summed E-state index contributed by atoms with van der Waals surface area (Å²) >= 11 is 4.51. The van der Waals surface area contributed by atoms with Crippen LogP contribution < -0.4 is 4.72 Å². The number of sulfonamides is 1. The third-order valence-electron chi connectivity index (χ3n) is 2.15. The number of rotatable bonds is 4. The number of hydrogen-bond acceptors (Lipinski definition) is 4. The van der Waals surface area contributed by atoms with Crippen LogP contribution in [0.15, 0.2) is 37.1 Å². The Kier molecular flexibility index (Phi) is 3.72. The minimum absolute atomic E-state index is 0.230. The zero-order valence-electron chi connectivity index (χ0n) is 8.94. The van der Waals surface area contributed by atoms with Gasteiger partial charge >= 0.3 is 0 Å². The monoisotopic (exact) mass is 335 g/mol. The zero-order valence-corrected chi connectivity index (χ0v) is 12.2. The van der Waals surface area contributed by atoms with Crippen LogP contribution in [0.5, 0.6) is 0 Å². The first-order valence-corrected chi connectivity index (χ1v) is 7.85. The van der Waals surface area contributed by atoms with Gasteiger partial charge in [-0.3, -0.25) is 0 Å². The van der Waals surface area contributed by atoms with Gasteiger partial charge in [0, 0.05) is 12.1 Å². The summed E-state index contributed by atoms with van der Waals surface area (Å²) in [6.45, 7) is 2.09. The highest BCUT2D eigenvalue weighted by molar-refractivity contribution is 9.11. The summed E-state index contributed by atoms with van der Waals surface area (Å²) in [5, 5.41) is 0. The number of hydrogen-bond donors (Lipinski definition) is 1. The molecule has 4 nitrogen and oxygen atoms in total. The van der Waals surface area contributed by atoms with Crippen LogP contribution in [0.1, 0.15) is 11.1 Å². The molecule has 0 aliphatic rings. The van der Waals surface area contributed by atoms with Crippen molar-refractivity contribution >= 4 is 37.3 Å². The summed E-state index contributed by atoms with van der Waals surface area (Å²) in [7, 11) is -3.44. The van der Waals surface area contributed by atoms with Crippen molar-refractivity contribution in [2.75, 3.05) is 0 Å². The molecule has 0 spiro atoms. The Morgan fingerprint density at radius 2 is 2.29 bits per heavy atom. The van der Waals surface area contributed by atoms with Crippen LogP contribution in [0.3, 0.4) is 0 Å². The zero-order chi connectivity index (χ0) is 12.5. The van der Waals surface area contributed by atoms with Crippen LogP contribution in [0.4, 0.5) is 0 Å². The number of thiophene rings is 1.